The number of hydrogen-bond donors (Lipinski definition) is 2. The molecule has 1 atom stereocenters. The highest BCUT2D eigenvalue weighted by atomic mass is 16.5. The van der Waals surface area contributed by atoms with Gasteiger partial charge in [0.05, 0.1) is 6.61 Å². The van der Waals surface area contributed by atoms with Crippen LogP contribution in [0.4, 0.5) is 0 Å². The van der Waals surface area contributed by atoms with Crippen molar-refractivity contribution >= 4 is 5.91 Å². The Morgan fingerprint density at radius 3 is 2.95 bits per heavy atom. The predicted octanol–water partition coefficient (Wildman–Crippen LogP) is 2.16. The van der Waals surface area contributed by atoms with Crippen LogP contribution < -0.4 is 15.4 Å². The number of carbonyl (C=O) groups excluding carboxylic acids is 1. The van der Waals surface area contributed by atoms with E-state index in [4.69, 9.17) is 4.74 Å². The molecule has 108 valence electrons. The first kappa shape index (κ1) is 13.4. The number of hydrogen-bond acceptors (Lipinski definition) is 3. The fourth-order valence-corrected chi connectivity index (χ4v) is 2.61. The highest BCUT2D eigenvalue weighted by molar-refractivity contribution is 5.76. The fraction of sp³-hybridized carbons (Fsp3) is 0.562. The van der Waals surface area contributed by atoms with E-state index in [0.717, 1.165) is 44.6 Å². The van der Waals surface area contributed by atoms with Gasteiger partial charge in [0.1, 0.15) is 5.75 Å². The summed E-state index contributed by atoms with van der Waals surface area (Å²) < 4.78 is 5.64. The second-order valence-corrected chi connectivity index (χ2v) is 5.63. The second kappa shape index (κ2) is 6.27. The molecule has 2 N–H and O–H groups in total. The van der Waals surface area contributed by atoms with Crippen LogP contribution in [0.25, 0.3) is 0 Å². The maximum Gasteiger partial charge on any atom is 0.220 e. The first-order valence-electron chi connectivity index (χ1n) is 7.57. The molecule has 0 aromatic heterocycles. The van der Waals surface area contributed by atoms with E-state index in [-0.39, 0.29) is 5.91 Å². The van der Waals surface area contributed by atoms with Crippen molar-refractivity contribution in [1.29, 1.82) is 0 Å². The Labute approximate surface area is 119 Å². The van der Waals surface area contributed by atoms with E-state index in [1.807, 2.05) is 18.2 Å². The van der Waals surface area contributed by atoms with Gasteiger partial charge in [-0.05, 0) is 31.9 Å². The number of rotatable bonds is 6. The van der Waals surface area contributed by atoms with Gasteiger partial charge in [-0.15, -0.1) is 0 Å². The molecule has 20 heavy (non-hydrogen) atoms. The normalized spacial score (nSPS) is 20.9. The van der Waals surface area contributed by atoms with E-state index in [1.165, 1.54) is 5.56 Å². The van der Waals surface area contributed by atoms with Crippen LogP contribution in [0.15, 0.2) is 24.3 Å². The lowest BCUT2D eigenvalue weighted by Crippen LogP contribution is -2.29. The Morgan fingerprint density at radius 1 is 1.25 bits per heavy atom. The number of nitrogens with one attached hydrogen (secondary N) is 2. The van der Waals surface area contributed by atoms with Gasteiger partial charge in [-0.1, -0.05) is 18.2 Å². The maximum atomic E-state index is 11.6. The fourth-order valence-electron chi connectivity index (χ4n) is 2.61. The topological polar surface area (TPSA) is 50.4 Å². The molecule has 0 saturated heterocycles. The molecule has 4 heteroatoms. The Kier molecular flexibility index (Phi) is 4.21. The Balaban J connectivity index is 1.41. The third kappa shape index (κ3) is 3.51. The summed E-state index contributed by atoms with van der Waals surface area (Å²) in [5.74, 6) is 1.18. The minimum absolute atomic E-state index is 0.196. The van der Waals surface area contributed by atoms with Gasteiger partial charge < -0.3 is 15.4 Å². The van der Waals surface area contributed by atoms with Crippen LogP contribution in [0.2, 0.25) is 0 Å². The second-order valence-electron chi connectivity index (χ2n) is 5.63. The molecule has 1 aliphatic carbocycles. The number of para-hydroxylation sites is 1. The SMILES string of the molecule is O=C(CCCNC1CCOc2ccccc21)NC1CC1. The smallest absolute Gasteiger partial charge is 0.220 e. The van der Waals surface area contributed by atoms with Gasteiger partial charge in [0.15, 0.2) is 0 Å². The molecule has 1 fully saturated rings. The summed E-state index contributed by atoms with van der Waals surface area (Å²) in [7, 11) is 0. The van der Waals surface area contributed by atoms with E-state index >= 15 is 0 Å². The van der Waals surface area contributed by atoms with Crippen molar-refractivity contribution in [1.82, 2.24) is 10.6 Å². The minimum Gasteiger partial charge on any atom is -0.493 e. The monoisotopic (exact) mass is 274 g/mol. The van der Waals surface area contributed by atoms with Crippen LogP contribution in [0, 0.1) is 0 Å². The van der Waals surface area contributed by atoms with Crippen LogP contribution in [-0.4, -0.2) is 25.1 Å². The van der Waals surface area contributed by atoms with E-state index in [2.05, 4.69) is 16.7 Å². The molecule has 3 rings (SSSR count). The summed E-state index contributed by atoms with van der Waals surface area (Å²) in [6, 6.07) is 9.01. The van der Waals surface area contributed by atoms with Crippen LogP contribution in [0.1, 0.15) is 43.7 Å². The predicted molar refractivity (Wildman–Crippen MR) is 77.7 cm³/mol. The lowest BCUT2D eigenvalue weighted by atomic mass is 10.0. The van der Waals surface area contributed by atoms with Gasteiger partial charge in [0.2, 0.25) is 5.91 Å². The summed E-state index contributed by atoms with van der Waals surface area (Å²) in [6.45, 7) is 1.63. The Morgan fingerprint density at radius 2 is 2.10 bits per heavy atom. The highest BCUT2D eigenvalue weighted by Crippen LogP contribution is 2.31. The molecule has 1 unspecified atom stereocenters. The first-order chi connectivity index (χ1) is 9.83. The van der Waals surface area contributed by atoms with Crippen molar-refractivity contribution in [3.8, 4) is 5.75 Å². The van der Waals surface area contributed by atoms with Gasteiger partial charge in [-0.2, -0.15) is 0 Å². The molecule has 1 heterocycles. The van der Waals surface area contributed by atoms with Crippen molar-refractivity contribution in [2.75, 3.05) is 13.2 Å². The number of ether oxygens (including phenoxy) is 1. The molecule has 2 aliphatic rings. The number of amides is 1. The molecule has 1 amide bonds. The summed E-state index contributed by atoms with van der Waals surface area (Å²) in [6.07, 6.45) is 4.81. The number of benzene rings is 1. The zero-order valence-electron chi connectivity index (χ0n) is 11.7. The molecule has 0 radical (unpaired) electrons. The van der Waals surface area contributed by atoms with Gasteiger partial charge in [-0.25, -0.2) is 0 Å². The molecule has 0 spiro atoms. The molecule has 1 saturated carbocycles. The van der Waals surface area contributed by atoms with E-state index < -0.39 is 0 Å². The lowest BCUT2D eigenvalue weighted by molar-refractivity contribution is -0.121. The van der Waals surface area contributed by atoms with E-state index in [1.54, 1.807) is 0 Å². The van der Waals surface area contributed by atoms with E-state index in [9.17, 15) is 4.79 Å². The third-order valence-corrected chi connectivity index (χ3v) is 3.87. The third-order valence-electron chi connectivity index (χ3n) is 3.87. The standard InChI is InChI=1S/C16H22N2O2/c19-16(18-12-7-8-12)6-3-10-17-14-9-11-20-15-5-2-1-4-13(14)15/h1-2,4-5,12,14,17H,3,6-11H2,(H,18,19). The number of carbonyl (C=O) groups is 1. The van der Waals surface area contributed by atoms with Gasteiger partial charge in [0.25, 0.3) is 0 Å². The van der Waals surface area contributed by atoms with Crippen molar-refractivity contribution in [2.45, 2.75) is 44.2 Å². The minimum atomic E-state index is 0.196. The first-order valence-corrected chi connectivity index (χ1v) is 7.57. The van der Waals surface area contributed by atoms with Crippen molar-refractivity contribution in [2.24, 2.45) is 0 Å². The average molecular weight is 274 g/mol. The lowest BCUT2D eigenvalue weighted by Gasteiger charge is -2.26. The number of fused-ring (bicyclic) bond motifs is 1. The largest absolute Gasteiger partial charge is 0.493 e. The highest BCUT2D eigenvalue weighted by Gasteiger charge is 2.23. The van der Waals surface area contributed by atoms with Crippen LogP contribution >= 0.6 is 0 Å². The zero-order chi connectivity index (χ0) is 13.8. The van der Waals surface area contributed by atoms with Crippen LogP contribution in [-0.2, 0) is 4.79 Å². The molecule has 1 aromatic carbocycles. The van der Waals surface area contributed by atoms with E-state index in [0.29, 0.717) is 18.5 Å². The quantitative estimate of drug-likeness (QED) is 0.782. The summed E-state index contributed by atoms with van der Waals surface area (Å²) >= 11 is 0. The Bertz CT molecular complexity index is 471. The maximum absolute atomic E-state index is 11.6. The molecular formula is C16H22N2O2. The van der Waals surface area contributed by atoms with Crippen LogP contribution in [0.3, 0.4) is 0 Å². The average Bonchev–Trinajstić information content (AvgIpc) is 3.27. The van der Waals surface area contributed by atoms with Gasteiger partial charge in [-0.3, -0.25) is 4.79 Å². The molecular weight excluding hydrogens is 252 g/mol. The zero-order valence-corrected chi connectivity index (χ0v) is 11.7. The summed E-state index contributed by atoms with van der Waals surface area (Å²) in [5.41, 5.74) is 1.24. The summed E-state index contributed by atoms with van der Waals surface area (Å²) in [4.78, 5) is 11.6. The molecule has 1 aromatic rings. The van der Waals surface area contributed by atoms with Gasteiger partial charge >= 0.3 is 0 Å². The molecule has 1 aliphatic heterocycles. The van der Waals surface area contributed by atoms with Crippen molar-refractivity contribution in [3.63, 3.8) is 0 Å². The Hall–Kier alpha value is -1.55. The van der Waals surface area contributed by atoms with Crippen molar-refractivity contribution < 1.29 is 9.53 Å². The van der Waals surface area contributed by atoms with Crippen molar-refractivity contribution in [3.05, 3.63) is 29.8 Å². The van der Waals surface area contributed by atoms with Gasteiger partial charge in [0, 0.05) is 30.5 Å². The molecule has 4 nitrogen and oxygen atoms in total. The summed E-state index contributed by atoms with van der Waals surface area (Å²) in [5, 5.41) is 6.56. The van der Waals surface area contributed by atoms with Crippen LogP contribution in [0.5, 0.6) is 5.75 Å². The molecule has 0 bridgehead atoms.